The number of ketones is 1. The zero-order valence-electron chi connectivity index (χ0n) is 13.9. The van der Waals surface area contributed by atoms with E-state index in [0.29, 0.717) is 11.3 Å². The summed E-state index contributed by atoms with van der Waals surface area (Å²) in [5, 5.41) is 13.8. The number of rotatable bonds is 6. The number of Topliss-reactive ketones (excluding diaryl/α,β-unsaturated/α-hetero) is 1. The molecule has 0 spiro atoms. The smallest absolute Gasteiger partial charge is 0.286 e. The quantitative estimate of drug-likeness (QED) is 0.490. The molecule has 2 rings (SSSR count). The number of ether oxygens (including phenoxy) is 2. The van der Waals surface area contributed by atoms with Crippen LogP contribution in [0, 0.1) is 10.1 Å². The summed E-state index contributed by atoms with van der Waals surface area (Å²) in [6, 6.07) is 8.65. The van der Waals surface area contributed by atoms with Gasteiger partial charge in [0.05, 0.1) is 25.2 Å². The minimum Gasteiger partial charge on any atom is -0.493 e. The van der Waals surface area contributed by atoms with Crippen molar-refractivity contribution in [3.05, 3.63) is 57.6 Å². The van der Waals surface area contributed by atoms with Gasteiger partial charge in [-0.15, -0.1) is 0 Å². The van der Waals surface area contributed by atoms with Gasteiger partial charge in [-0.05, 0) is 19.1 Å². The Hall–Kier alpha value is -3.42. The highest BCUT2D eigenvalue weighted by atomic mass is 16.6. The summed E-state index contributed by atoms with van der Waals surface area (Å²) in [5.74, 6) is -0.526. The molecule has 0 radical (unpaired) electrons. The zero-order valence-corrected chi connectivity index (χ0v) is 13.9. The Morgan fingerprint density at radius 2 is 1.72 bits per heavy atom. The third kappa shape index (κ3) is 3.92. The molecule has 2 aromatic rings. The summed E-state index contributed by atoms with van der Waals surface area (Å²) in [6.45, 7) is 1.40. The van der Waals surface area contributed by atoms with Gasteiger partial charge in [0.1, 0.15) is 5.56 Å². The normalized spacial score (nSPS) is 10.0. The summed E-state index contributed by atoms with van der Waals surface area (Å²) < 4.78 is 10.1. The summed E-state index contributed by atoms with van der Waals surface area (Å²) in [5.41, 5.74) is 0.162. The van der Waals surface area contributed by atoms with Crippen LogP contribution in [0.3, 0.4) is 0 Å². The number of amides is 1. The van der Waals surface area contributed by atoms with E-state index in [4.69, 9.17) is 9.47 Å². The van der Waals surface area contributed by atoms with Crippen molar-refractivity contribution < 1.29 is 24.0 Å². The number of benzene rings is 2. The second kappa shape index (κ2) is 7.43. The summed E-state index contributed by atoms with van der Waals surface area (Å²) in [4.78, 5) is 34.5. The Labute approximate surface area is 143 Å². The van der Waals surface area contributed by atoms with Crippen LogP contribution < -0.4 is 14.8 Å². The first-order valence-corrected chi connectivity index (χ1v) is 7.20. The maximum absolute atomic E-state index is 12.5. The van der Waals surface area contributed by atoms with Crippen LogP contribution in [0.2, 0.25) is 0 Å². The maximum Gasteiger partial charge on any atom is 0.286 e. The molecule has 130 valence electrons. The molecular weight excluding hydrogens is 328 g/mol. The van der Waals surface area contributed by atoms with Gasteiger partial charge in [-0.1, -0.05) is 12.1 Å². The van der Waals surface area contributed by atoms with E-state index in [-0.39, 0.29) is 22.8 Å². The number of hydrogen-bond acceptors (Lipinski definition) is 6. The monoisotopic (exact) mass is 344 g/mol. The lowest BCUT2D eigenvalue weighted by molar-refractivity contribution is -0.385. The molecule has 0 fully saturated rings. The van der Waals surface area contributed by atoms with Crippen LogP contribution in [0.15, 0.2) is 36.4 Å². The maximum atomic E-state index is 12.5. The van der Waals surface area contributed by atoms with Gasteiger partial charge in [-0.2, -0.15) is 0 Å². The van der Waals surface area contributed by atoms with E-state index in [0.717, 1.165) is 6.07 Å². The molecule has 0 heterocycles. The van der Waals surface area contributed by atoms with Gasteiger partial charge >= 0.3 is 0 Å². The van der Waals surface area contributed by atoms with Gasteiger partial charge in [-0.3, -0.25) is 19.7 Å². The van der Waals surface area contributed by atoms with Crippen molar-refractivity contribution in [2.45, 2.75) is 6.92 Å². The molecule has 0 unspecified atom stereocenters. The predicted octanol–water partition coefficient (Wildman–Crippen LogP) is 3.07. The molecule has 2 aromatic carbocycles. The Morgan fingerprint density at radius 3 is 2.28 bits per heavy atom. The second-order valence-corrected chi connectivity index (χ2v) is 5.07. The van der Waals surface area contributed by atoms with Crippen molar-refractivity contribution >= 4 is 23.1 Å². The number of nitrogens with one attached hydrogen (secondary N) is 1. The first-order valence-electron chi connectivity index (χ1n) is 7.20. The van der Waals surface area contributed by atoms with Crippen molar-refractivity contribution in [2.75, 3.05) is 19.5 Å². The molecule has 1 N–H and O–H groups in total. The van der Waals surface area contributed by atoms with Crippen LogP contribution in [0.5, 0.6) is 11.5 Å². The van der Waals surface area contributed by atoms with Crippen molar-refractivity contribution in [1.82, 2.24) is 0 Å². The number of nitro groups is 1. The van der Waals surface area contributed by atoms with Crippen LogP contribution in [-0.2, 0) is 0 Å². The zero-order chi connectivity index (χ0) is 18.6. The van der Waals surface area contributed by atoms with Crippen LogP contribution in [0.25, 0.3) is 0 Å². The van der Waals surface area contributed by atoms with Gasteiger partial charge in [0, 0.05) is 17.3 Å². The largest absolute Gasteiger partial charge is 0.493 e. The number of hydrogen-bond donors (Lipinski definition) is 1. The van der Waals surface area contributed by atoms with E-state index < -0.39 is 16.5 Å². The Bertz CT molecular complexity index is 847. The van der Waals surface area contributed by atoms with E-state index in [1.54, 1.807) is 18.2 Å². The summed E-state index contributed by atoms with van der Waals surface area (Å²) in [7, 11) is 2.70. The van der Waals surface area contributed by atoms with Crippen molar-refractivity contribution in [3.8, 4) is 11.5 Å². The third-order valence-corrected chi connectivity index (χ3v) is 3.47. The molecule has 0 aliphatic heterocycles. The number of carbonyl (C=O) groups excluding carboxylic acids is 2. The SMILES string of the molecule is COc1cc(C(=O)Nc2cccc(C(C)=O)c2)c([N+](=O)[O-])cc1OC. The molecule has 0 bridgehead atoms. The van der Waals surface area contributed by atoms with E-state index in [2.05, 4.69) is 5.32 Å². The Kier molecular flexibility index (Phi) is 5.33. The van der Waals surface area contributed by atoms with Gasteiger partial charge in [-0.25, -0.2) is 0 Å². The van der Waals surface area contributed by atoms with Crippen LogP contribution in [-0.4, -0.2) is 30.8 Å². The summed E-state index contributed by atoms with van der Waals surface area (Å²) in [6.07, 6.45) is 0. The van der Waals surface area contributed by atoms with Crippen molar-refractivity contribution in [2.24, 2.45) is 0 Å². The number of nitrogens with zero attached hydrogens (tertiary/aromatic N) is 1. The highest BCUT2D eigenvalue weighted by molar-refractivity contribution is 6.08. The molecule has 8 nitrogen and oxygen atoms in total. The van der Waals surface area contributed by atoms with Crippen LogP contribution in [0.4, 0.5) is 11.4 Å². The Balaban J connectivity index is 2.43. The molecule has 0 aliphatic carbocycles. The van der Waals surface area contributed by atoms with E-state index >= 15 is 0 Å². The Morgan fingerprint density at radius 1 is 1.08 bits per heavy atom. The molecule has 0 atom stereocenters. The summed E-state index contributed by atoms with van der Waals surface area (Å²) >= 11 is 0. The van der Waals surface area contributed by atoms with E-state index in [1.807, 2.05) is 0 Å². The first-order chi connectivity index (χ1) is 11.9. The average Bonchev–Trinajstić information content (AvgIpc) is 2.60. The lowest BCUT2D eigenvalue weighted by Crippen LogP contribution is -2.14. The van der Waals surface area contributed by atoms with Gasteiger partial charge in [0.25, 0.3) is 11.6 Å². The molecule has 0 saturated carbocycles. The fourth-order valence-electron chi connectivity index (χ4n) is 2.22. The predicted molar refractivity (Wildman–Crippen MR) is 90.6 cm³/mol. The number of anilines is 1. The van der Waals surface area contributed by atoms with Crippen LogP contribution >= 0.6 is 0 Å². The number of methoxy groups -OCH3 is 2. The molecule has 1 amide bonds. The van der Waals surface area contributed by atoms with E-state index in [1.165, 1.54) is 33.3 Å². The minimum atomic E-state index is -0.701. The lowest BCUT2D eigenvalue weighted by Gasteiger charge is -2.11. The van der Waals surface area contributed by atoms with Gasteiger partial charge in [0.2, 0.25) is 0 Å². The van der Waals surface area contributed by atoms with E-state index in [9.17, 15) is 19.7 Å². The molecule has 0 aliphatic rings. The lowest BCUT2D eigenvalue weighted by atomic mass is 10.1. The van der Waals surface area contributed by atoms with Crippen molar-refractivity contribution in [3.63, 3.8) is 0 Å². The second-order valence-electron chi connectivity index (χ2n) is 5.07. The van der Waals surface area contributed by atoms with Gasteiger partial charge in [0.15, 0.2) is 17.3 Å². The standard InChI is InChI=1S/C17H16N2O6/c1-10(20)11-5-4-6-12(7-11)18-17(21)13-8-15(24-2)16(25-3)9-14(13)19(22)23/h4-9H,1-3H3,(H,18,21). The average molecular weight is 344 g/mol. The fraction of sp³-hybridized carbons (Fsp3) is 0.176. The fourth-order valence-corrected chi connectivity index (χ4v) is 2.22. The minimum absolute atomic E-state index is 0.143. The highest BCUT2D eigenvalue weighted by Gasteiger charge is 2.24. The molecule has 8 heteroatoms. The molecular formula is C17H16N2O6. The molecule has 0 aromatic heterocycles. The third-order valence-electron chi connectivity index (χ3n) is 3.47. The van der Waals surface area contributed by atoms with Crippen molar-refractivity contribution in [1.29, 1.82) is 0 Å². The topological polar surface area (TPSA) is 108 Å². The highest BCUT2D eigenvalue weighted by Crippen LogP contribution is 2.34. The van der Waals surface area contributed by atoms with Crippen LogP contribution in [0.1, 0.15) is 27.6 Å². The number of nitro benzene ring substituents is 1. The molecule has 0 saturated heterocycles. The first kappa shape index (κ1) is 17.9. The van der Waals surface area contributed by atoms with Gasteiger partial charge < -0.3 is 14.8 Å². The molecule has 25 heavy (non-hydrogen) atoms. The number of carbonyl (C=O) groups is 2.